The number of aliphatic carboxylic acids is 1. The molecule has 0 atom stereocenters. The smallest absolute Gasteiger partial charge is 0.304 e. The Hall–Kier alpha value is -1.66. The summed E-state index contributed by atoms with van der Waals surface area (Å²) in [6.07, 6.45) is 0.0428. The van der Waals surface area contributed by atoms with Crippen molar-refractivity contribution >= 4 is 46.5 Å². The predicted octanol–water partition coefficient (Wildman–Crippen LogP) is 3.04. The molecule has 2 rings (SSSR count). The molecule has 1 aromatic carbocycles. The largest absolute Gasteiger partial charge is 0.481 e. The van der Waals surface area contributed by atoms with E-state index in [1.807, 2.05) is 0 Å². The lowest BCUT2D eigenvalue weighted by atomic mass is 10.1. The molecule has 0 radical (unpaired) electrons. The van der Waals surface area contributed by atoms with E-state index < -0.39 is 5.97 Å². The number of benzene rings is 1. The SMILES string of the molecule is C=C1Nc2cc(Cl)c(C(=O)CSCCC(=O)O)cc2N1. The molecule has 0 amide bonds. The van der Waals surface area contributed by atoms with E-state index in [1.54, 1.807) is 12.1 Å². The second-order valence-electron chi connectivity index (χ2n) is 4.23. The number of hydrogen-bond donors (Lipinski definition) is 3. The van der Waals surface area contributed by atoms with Crippen molar-refractivity contribution < 1.29 is 14.7 Å². The van der Waals surface area contributed by atoms with Gasteiger partial charge in [-0.15, -0.1) is 0 Å². The van der Waals surface area contributed by atoms with Gasteiger partial charge < -0.3 is 15.7 Å². The second-order valence-corrected chi connectivity index (χ2v) is 5.74. The maximum atomic E-state index is 12.1. The van der Waals surface area contributed by atoms with Crippen molar-refractivity contribution in [3.63, 3.8) is 0 Å². The molecule has 106 valence electrons. The molecule has 0 aliphatic carbocycles. The Kier molecular flexibility index (Phi) is 4.57. The van der Waals surface area contributed by atoms with Gasteiger partial charge in [0.05, 0.1) is 28.6 Å². The number of halogens is 1. The topological polar surface area (TPSA) is 78.4 Å². The summed E-state index contributed by atoms with van der Waals surface area (Å²) < 4.78 is 0. The zero-order valence-electron chi connectivity index (χ0n) is 10.5. The van der Waals surface area contributed by atoms with Crippen molar-refractivity contribution in [2.45, 2.75) is 6.42 Å². The van der Waals surface area contributed by atoms with Crippen molar-refractivity contribution in [2.24, 2.45) is 0 Å². The predicted molar refractivity (Wildman–Crippen MR) is 81.7 cm³/mol. The molecule has 7 heteroatoms. The summed E-state index contributed by atoms with van der Waals surface area (Å²) in [7, 11) is 0. The lowest BCUT2D eigenvalue weighted by molar-refractivity contribution is -0.136. The first-order valence-corrected chi connectivity index (χ1v) is 7.40. The number of anilines is 2. The number of carbonyl (C=O) groups excluding carboxylic acids is 1. The highest BCUT2D eigenvalue weighted by Crippen LogP contribution is 2.35. The first-order valence-electron chi connectivity index (χ1n) is 5.86. The van der Waals surface area contributed by atoms with Crippen molar-refractivity contribution in [3.8, 4) is 0 Å². The van der Waals surface area contributed by atoms with E-state index in [0.717, 1.165) is 11.4 Å². The summed E-state index contributed by atoms with van der Waals surface area (Å²) in [5, 5.41) is 14.9. The van der Waals surface area contributed by atoms with Crippen LogP contribution in [0.15, 0.2) is 24.5 Å². The molecular weight excluding hydrogens is 300 g/mol. The van der Waals surface area contributed by atoms with Crippen molar-refractivity contribution in [2.75, 3.05) is 22.1 Å². The number of rotatable bonds is 6. The Morgan fingerprint density at radius 1 is 1.30 bits per heavy atom. The minimum Gasteiger partial charge on any atom is -0.481 e. The van der Waals surface area contributed by atoms with E-state index >= 15 is 0 Å². The molecule has 3 N–H and O–H groups in total. The minimum atomic E-state index is -0.866. The molecule has 0 aromatic heterocycles. The van der Waals surface area contributed by atoms with Gasteiger partial charge in [-0.2, -0.15) is 11.8 Å². The molecule has 0 unspecified atom stereocenters. The monoisotopic (exact) mass is 312 g/mol. The molecule has 0 fully saturated rings. The van der Waals surface area contributed by atoms with Crippen LogP contribution in [0.2, 0.25) is 5.02 Å². The number of ketones is 1. The molecule has 20 heavy (non-hydrogen) atoms. The van der Waals surface area contributed by atoms with Crippen LogP contribution in [0.3, 0.4) is 0 Å². The molecule has 0 saturated heterocycles. The van der Waals surface area contributed by atoms with Crippen LogP contribution in [0.1, 0.15) is 16.8 Å². The van der Waals surface area contributed by atoms with Gasteiger partial charge in [0, 0.05) is 11.3 Å². The number of thioether (sulfide) groups is 1. The zero-order valence-corrected chi connectivity index (χ0v) is 12.1. The van der Waals surface area contributed by atoms with Gasteiger partial charge in [0.25, 0.3) is 0 Å². The Morgan fingerprint density at radius 3 is 2.60 bits per heavy atom. The first-order chi connectivity index (χ1) is 9.47. The molecule has 1 aliphatic rings. The molecule has 0 saturated carbocycles. The van der Waals surface area contributed by atoms with Crippen LogP contribution >= 0.6 is 23.4 Å². The third-order valence-electron chi connectivity index (χ3n) is 2.67. The number of fused-ring (bicyclic) bond motifs is 1. The fourth-order valence-corrected chi connectivity index (χ4v) is 2.83. The fraction of sp³-hybridized carbons (Fsp3) is 0.231. The van der Waals surface area contributed by atoms with Gasteiger partial charge in [-0.25, -0.2) is 0 Å². The fourth-order valence-electron chi connectivity index (χ4n) is 1.75. The van der Waals surface area contributed by atoms with Crippen molar-refractivity contribution in [3.05, 3.63) is 35.1 Å². The summed E-state index contributed by atoms with van der Waals surface area (Å²) in [6, 6.07) is 3.36. The third kappa shape index (κ3) is 3.46. The summed E-state index contributed by atoms with van der Waals surface area (Å²) in [5.41, 5.74) is 1.98. The molecule has 0 bridgehead atoms. The van der Waals surface area contributed by atoms with Crippen LogP contribution in [0, 0.1) is 0 Å². The highest BCUT2D eigenvalue weighted by molar-refractivity contribution is 8.00. The normalized spacial score (nSPS) is 12.6. The van der Waals surface area contributed by atoms with E-state index in [0.29, 0.717) is 22.2 Å². The van der Waals surface area contributed by atoms with Crippen LogP contribution in [-0.4, -0.2) is 28.4 Å². The molecule has 1 aromatic rings. The van der Waals surface area contributed by atoms with Gasteiger partial charge in [0.15, 0.2) is 5.78 Å². The average Bonchev–Trinajstić information content (AvgIpc) is 2.72. The standard InChI is InChI=1S/C13H13ClN2O3S/c1-7-15-10-4-8(9(14)5-11(10)16-7)12(17)6-20-3-2-13(18)19/h4-5,15-16H,1-3,6H2,(H,18,19). The first kappa shape index (κ1) is 14.7. The molecule has 0 spiro atoms. The van der Waals surface area contributed by atoms with Gasteiger partial charge >= 0.3 is 5.97 Å². The maximum Gasteiger partial charge on any atom is 0.304 e. The number of Topliss-reactive ketones (excluding diaryl/α,β-unsaturated/α-hetero) is 1. The second kappa shape index (κ2) is 6.19. The van der Waals surface area contributed by atoms with Gasteiger partial charge in [-0.3, -0.25) is 9.59 Å². The molecular formula is C13H13ClN2O3S. The number of nitrogens with one attached hydrogen (secondary N) is 2. The van der Waals surface area contributed by atoms with E-state index in [2.05, 4.69) is 17.2 Å². The van der Waals surface area contributed by atoms with Crippen LogP contribution in [0.25, 0.3) is 0 Å². The van der Waals surface area contributed by atoms with Gasteiger partial charge in [-0.1, -0.05) is 18.2 Å². The van der Waals surface area contributed by atoms with E-state index in [-0.39, 0.29) is 18.0 Å². The van der Waals surface area contributed by atoms with Gasteiger partial charge in [0.2, 0.25) is 0 Å². The number of carboxylic acid groups (broad SMARTS) is 1. The average molecular weight is 313 g/mol. The van der Waals surface area contributed by atoms with Gasteiger partial charge in [-0.05, 0) is 12.1 Å². The lowest BCUT2D eigenvalue weighted by Crippen LogP contribution is -2.05. The third-order valence-corrected chi connectivity index (χ3v) is 3.94. The van der Waals surface area contributed by atoms with Crippen LogP contribution in [0.4, 0.5) is 11.4 Å². The van der Waals surface area contributed by atoms with Crippen LogP contribution < -0.4 is 10.6 Å². The quantitative estimate of drug-likeness (QED) is 0.553. The number of hydrogen-bond acceptors (Lipinski definition) is 5. The summed E-state index contributed by atoms with van der Waals surface area (Å²) in [6.45, 7) is 3.74. The summed E-state index contributed by atoms with van der Waals surface area (Å²) in [4.78, 5) is 22.5. The molecule has 1 aliphatic heterocycles. The van der Waals surface area contributed by atoms with E-state index in [4.69, 9.17) is 16.7 Å². The summed E-state index contributed by atoms with van der Waals surface area (Å²) in [5.74, 6) is 0.263. The number of carboxylic acids is 1. The van der Waals surface area contributed by atoms with Crippen molar-refractivity contribution in [1.82, 2.24) is 0 Å². The Morgan fingerprint density at radius 2 is 1.95 bits per heavy atom. The van der Waals surface area contributed by atoms with Crippen LogP contribution in [-0.2, 0) is 4.79 Å². The molecule has 1 heterocycles. The highest BCUT2D eigenvalue weighted by atomic mass is 35.5. The maximum absolute atomic E-state index is 12.1. The Bertz CT molecular complexity index is 589. The summed E-state index contributed by atoms with van der Waals surface area (Å²) >= 11 is 7.38. The molecule has 5 nitrogen and oxygen atoms in total. The van der Waals surface area contributed by atoms with E-state index in [9.17, 15) is 9.59 Å². The van der Waals surface area contributed by atoms with E-state index in [1.165, 1.54) is 11.8 Å². The van der Waals surface area contributed by atoms with Crippen LogP contribution in [0.5, 0.6) is 0 Å². The van der Waals surface area contributed by atoms with Crippen molar-refractivity contribution in [1.29, 1.82) is 0 Å². The number of carbonyl (C=O) groups is 2. The zero-order chi connectivity index (χ0) is 14.7. The van der Waals surface area contributed by atoms with Gasteiger partial charge in [0.1, 0.15) is 5.82 Å². The highest BCUT2D eigenvalue weighted by Gasteiger charge is 2.18. The lowest BCUT2D eigenvalue weighted by Gasteiger charge is -2.06. The Labute approximate surface area is 125 Å². The Balaban J connectivity index is 2.02. The minimum absolute atomic E-state index is 0.0428.